The molecule has 1 nitrogen and oxygen atoms in total. The van der Waals surface area contributed by atoms with Crippen molar-refractivity contribution >= 4 is 0 Å². The van der Waals surface area contributed by atoms with Crippen LogP contribution in [0.4, 0.5) is 0 Å². The van der Waals surface area contributed by atoms with Crippen LogP contribution in [0.15, 0.2) is 12.2 Å². The molecule has 0 aliphatic heterocycles. The molecule has 0 radical (unpaired) electrons. The lowest BCUT2D eigenvalue weighted by Gasteiger charge is -2.29. The molecule has 1 N–H and O–H groups in total. The molecule has 0 heterocycles. The van der Waals surface area contributed by atoms with Gasteiger partial charge in [0.05, 0.1) is 5.60 Å². The highest BCUT2D eigenvalue weighted by molar-refractivity contribution is 4.95. The first kappa shape index (κ1) is 10.7. The summed E-state index contributed by atoms with van der Waals surface area (Å²) in [6.45, 7) is 9.96. The average Bonchev–Trinajstić information content (AvgIpc) is 1.79. The first-order chi connectivity index (χ1) is 4.89. The third kappa shape index (κ3) is 3.57. The fourth-order valence-electron chi connectivity index (χ4n) is 1.48. The van der Waals surface area contributed by atoms with Crippen LogP contribution in [0.2, 0.25) is 0 Å². The van der Waals surface area contributed by atoms with Crippen LogP contribution in [0.1, 0.15) is 34.6 Å². The fraction of sp³-hybridized carbons (Fsp3) is 0.800. The summed E-state index contributed by atoms with van der Waals surface area (Å²) in [6, 6.07) is 0. The largest absolute Gasteiger partial charge is 0.390 e. The standard InChI is InChI=1S/C10H20O/c1-6-7-9(8(2)3)10(4,5)11/h6-9,11H,1-5H3/b7-6+. The number of rotatable bonds is 3. The van der Waals surface area contributed by atoms with Gasteiger partial charge in [0, 0.05) is 5.92 Å². The molecule has 1 heteroatoms. The lowest BCUT2D eigenvalue weighted by molar-refractivity contribution is 0.0188. The summed E-state index contributed by atoms with van der Waals surface area (Å²) in [5, 5.41) is 9.73. The molecule has 0 saturated heterocycles. The number of aliphatic hydroxyl groups is 1. The van der Waals surface area contributed by atoms with Crippen molar-refractivity contribution in [1.82, 2.24) is 0 Å². The molecular formula is C10H20O. The van der Waals surface area contributed by atoms with E-state index in [0.29, 0.717) is 5.92 Å². The van der Waals surface area contributed by atoms with Crippen molar-refractivity contribution in [3.8, 4) is 0 Å². The van der Waals surface area contributed by atoms with E-state index < -0.39 is 5.60 Å². The second-order valence-corrected chi connectivity index (χ2v) is 3.95. The highest BCUT2D eigenvalue weighted by Gasteiger charge is 2.26. The van der Waals surface area contributed by atoms with Gasteiger partial charge in [-0.05, 0) is 26.7 Å². The quantitative estimate of drug-likeness (QED) is 0.623. The van der Waals surface area contributed by atoms with Gasteiger partial charge in [-0.15, -0.1) is 0 Å². The summed E-state index contributed by atoms with van der Waals surface area (Å²) in [5.41, 5.74) is -0.597. The summed E-state index contributed by atoms with van der Waals surface area (Å²) in [6.07, 6.45) is 4.08. The zero-order valence-corrected chi connectivity index (χ0v) is 8.26. The molecule has 0 aromatic carbocycles. The Labute approximate surface area is 70.1 Å². The van der Waals surface area contributed by atoms with Crippen molar-refractivity contribution in [3.63, 3.8) is 0 Å². The maximum absolute atomic E-state index is 9.73. The van der Waals surface area contributed by atoms with E-state index in [4.69, 9.17) is 0 Å². The van der Waals surface area contributed by atoms with Crippen LogP contribution in [0, 0.1) is 11.8 Å². The van der Waals surface area contributed by atoms with Crippen LogP contribution >= 0.6 is 0 Å². The first-order valence-corrected chi connectivity index (χ1v) is 4.24. The smallest absolute Gasteiger partial charge is 0.0656 e. The molecule has 0 amide bonds. The van der Waals surface area contributed by atoms with Gasteiger partial charge in [0.2, 0.25) is 0 Å². The summed E-state index contributed by atoms with van der Waals surface area (Å²) in [4.78, 5) is 0. The van der Waals surface area contributed by atoms with E-state index in [9.17, 15) is 5.11 Å². The molecule has 0 fully saturated rings. The highest BCUT2D eigenvalue weighted by atomic mass is 16.3. The van der Waals surface area contributed by atoms with Gasteiger partial charge in [0.25, 0.3) is 0 Å². The van der Waals surface area contributed by atoms with Crippen molar-refractivity contribution < 1.29 is 5.11 Å². The Kier molecular flexibility index (Phi) is 3.81. The molecular weight excluding hydrogens is 136 g/mol. The molecule has 1 unspecified atom stereocenters. The second-order valence-electron chi connectivity index (χ2n) is 3.95. The maximum atomic E-state index is 9.73. The van der Waals surface area contributed by atoms with Crippen LogP contribution in [-0.2, 0) is 0 Å². The van der Waals surface area contributed by atoms with Crippen molar-refractivity contribution in [2.24, 2.45) is 11.8 Å². The zero-order valence-electron chi connectivity index (χ0n) is 8.26. The summed E-state index contributed by atoms with van der Waals surface area (Å²) >= 11 is 0. The molecule has 0 spiro atoms. The van der Waals surface area contributed by atoms with Crippen molar-refractivity contribution in [2.75, 3.05) is 0 Å². The third-order valence-electron chi connectivity index (χ3n) is 1.93. The second kappa shape index (κ2) is 3.91. The average molecular weight is 156 g/mol. The van der Waals surface area contributed by atoms with Crippen molar-refractivity contribution in [1.29, 1.82) is 0 Å². The zero-order chi connectivity index (χ0) is 9.07. The monoisotopic (exact) mass is 156 g/mol. The van der Waals surface area contributed by atoms with E-state index in [1.54, 1.807) is 0 Å². The van der Waals surface area contributed by atoms with Crippen LogP contribution in [0.5, 0.6) is 0 Å². The normalized spacial score (nSPS) is 16.3. The Morgan fingerprint density at radius 1 is 1.27 bits per heavy atom. The molecule has 0 rings (SSSR count). The molecule has 0 aromatic rings. The predicted octanol–water partition coefficient (Wildman–Crippen LogP) is 2.61. The molecule has 66 valence electrons. The van der Waals surface area contributed by atoms with Gasteiger partial charge in [0.1, 0.15) is 0 Å². The fourth-order valence-corrected chi connectivity index (χ4v) is 1.48. The number of hydrogen-bond donors (Lipinski definition) is 1. The molecule has 0 bridgehead atoms. The third-order valence-corrected chi connectivity index (χ3v) is 1.93. The van der Waals surface area contributed by atoms with Crippen LogP contribution < -0.4 is 0 Å². The van der Waals surface area contributed by atoms with Crippen LogP contribution in [0.25, 0.3) is 0 Å². The van der Waals surface area contributed by atoms with E-state index in [-0.39, 0.29) is 5.92 Å². The molecule has 11 heavy (non-hydrogen) atoms. The minimum Gasteiger partial charge on any atom is -0.390 e. The molecule has 0 aromatic heterocycles. The van der Waals surface area contributed by atoms with Gasteiger partial charge in [-0.2, -0.15) is 0 Å². The van der Waals surface area contributed by atoms with E-state index in [2.05, 4.69) is 19.9 Å². The van der Waals surface area contributed by atoms with Gasteiger partial charge in [0.15, 0.2) is 0 Å². The Hall–Kier alpha value is -0.300. The van der Waals surface area contributed by atoms with Gasteiger partial charge >= 0.3 is 0 Å². The number of allylic oxidation sites excluding steroid dienone is 1. The molecule has 0 aliphatic rings. The van der Waals surface area contributed by atoms with Crippen molar-refractivity contribution in [3.05, 3.63) is 12.2 Å². The van der Waals surface area contributed by atoms with Crippen LogP contribution in [-0.4, -0.2) is 10.7 Å². The Bertz CT molecular complexity index is 128. The van der Waals surface area contributed by atoms with E-state index in [1.807, 2.05) is 26.8 Å². The van der Waals surface area contributed by atoms with Gasteiger partial charge < -0.3 is 5.11 Å². The molecule has 0 saturated carbocycles. The topological polar surface area (TPSA) is 20.2 Å². The molecule has 1 atom stereocenters. The van der Waals surface area contributed by atoms with E-state index >= 15 is 0 Å². The predicted molar refractivity (Wildman–Crippen MR) is 49.4 cm³/mol. The Balaban J connectivity index is 4.35. The maximum Gasteiger partial charge on any atom is 0.0656 e. The molecule has 0 aliphatic carbocycles. The Morgan fingerprint density at radius 2 is 1.73 bits per heavy atom. The van der Waals surface area contributed by atoms with Gasteiger partial charge in [-0.3, -0.25) is 0 Å². The SMILES string of the molecule is C/C=C/C(C(C)C)C(C)(C)O. The van der Waals surface area contributed by atoms with E-state index in [0.717, 1.165) is 0 Å². The van der Waals surface area contributed by atoms with Gasteiger partial charge in [-0.1, -0.05) is 26.0 Å². The minimum atomic E-state index is -0.597. The summed E-state index contributed by atoms with van der Waals surface area (Å²) in [5.74, 6) is 0.749. The summed E-state index contributed by atoms with van der Waals surface area (Å²) in [7, 11) is 0. The van der Waals surface area contributed by atoms with Gasteiger partial charge in [-0.25, -0.2) is 0 Å². The number of hydrogen-bond acceptors (Lipinski definition) is 1. The minimum absolute atomic E-state index is 0.257. The lowest BCUT2D eigenvalue weighted by Crippen LogP contribution is -2.32. The lowest BCUT2D eigenvalue weighted by atomic mass is 9.82. The van der Waals surface area contributed by atoms with E-state index in [1.165, 1.54) is 0 Å². The highest BCUT2D eigenvalue weighted by Crippen LogP contribution is 2.25. The summed E-state index contributed by atoms with van der Waals surface area (Å²) < 4.78 is 0. The van der Waals surface area contributed by atoms with Crippen molar-refractivity contribution in [2.45, 2.75) is 40.2 Å². The first-order valence-electron chi connectivity index (χ1n) is 4.24. The van der Waals surface area contributed by atoms with Crippen LogP contribution in [0.3, 0.4) is 0 Å². The Morgan fingerprint density at radius 3 is 1.82 bits per heavy atom.